The van der Waals surface area contributed by atoms with Gasteiger partial charge in [0.2, 0.25) is 0 Å². The lowest BCUT2D eigenvalue weighted by atomic mass is 10.0. The van der Waals surface area contributed by atoms with Crippen LogP contribution in [0.5, 0.6) is 0 Å². The summed E-state index contributed by atoms with van der Waals surface area (Å²) >= 11 is 0. The van der Waals surface area contributed by atoms with Crippen molar-refractivity contribution in [1.29, 1.82) is 0 Å². The summed E-state index contributed by atoms with van der Waals surface area (Å²) in [6.07, 6.45) is -2.91. The Morgan fingerprint density at radius 2 is 1.84 bits per heavy atom. The molecule has 0 radical (unpaired) electrons. The maximum atomic E-state index is 13.4. The van der Waals surface area contributed by atoms with Gasteiger partial charge in [-0.25, -0.2) is 4.39 Å². The molecule has 0 unspecified atom stereocenters. The number of rotatable bonds is 2. The summed E-state index contributed by atoms with van der Waals surface area (Å²) in [6, 6.07) is 3.30. The van der Waals surface area contributed by atoms with E-state index in [2.05, 4.69) is 4.90 Å². The van der Waals surface area contributed by atoms with Gasteiger partial charge in [-0.3, -0.25) is 4.90 Å². The molecule has 6 heteroatoms. The number of nitrogens with two attached hydrogens (primary N) is 1. The topological polar surface area (TPSA) is 29.3 Å². The summed E-state index contributed by atoms with van der Waals surface area (Å²) in [6.45, 7) is 2.05. The average molecular weight is 276 g/mol. The molecule has 1 saturated heterocycles. The maximum Gasteiger partial charge on any atom is 0.419 e. The first-order valence-corrected chi connectivity index (χ1v) is 6.20. The molecule has 0 spiro atoms. The second-order valence-corrected chi connectivity index (χ2v) is 4.93. The van der Waals surface area contributed by atoms with Crippen LogP contribution in [0, 0.1) is 5.82 Å². The lowest BCUT2D eigenvalue weighted by molar-refractivity contribution is -0.140. The van der Waals surface area contributed by atoms with E-state index in [0.29, 0.717) is 12.1 Å². The van der Waals surface area contributed by atoms with Crippen LogP contribution in [-0.2, 0) is 12.7 Å². The van der Waals surface area contributed by atoms with Crippen molar-refractivity contribution >= 4 is 0 Å². The van der Waals surface area contributed by atoms with Crippen molar-refractivity contribution in [3.63, 3.8) is 0 Å². The number of likely N-dealkylation sites (tertiary alicyclic amines) is 1. The van der Waals surface area contributed by atoms with E-state index in [9.17, 15) is 17.6 Å². The summed E-state index contributed by atoms with van der Waals surface area (Å²) < 4.78 is 50.7. The molecule has 19 heavy (non-hydrogen) atoms. The Balaban J connectivity index is 2.04. The molecule has 0 bridgehead atoms. The molecule has 1 aliphatic heterocycles. The number of hydrogen-bond donors (Lipinski definition) is 1. The van der Waals surface area contributed by atoms with E-state index in [0.717, 1.165) is 38.1 Å². The summed E-state index contributed by atoms with van der Waals surface area (Å²) in [5, 5.41) is 0. The van der Waals surface area contributed by atoms with Crippen LogP contribution in [0.2, 0.25) is 0 Å². The Kier molecular flexibility index (Phi) is 4.10. The highest BCUT2D eigenvalue weighted by molar-refractivity contribution is 5.26. The van der Waals surface area contributed by atoms with Crippen LogP contribution < -0.4 is 5.73 Å². The summed E-state index contributed by atoms with van der Waals surface area (Å²) in [5.74, 6) is -1.21. The molecule has 0 atom stereocenters. The van der Waals surface area contributed by atoms with Crippen LogP contribution in [0.3, 0.4) is 0 Å². The fraction of sp³-hybridized carbons (Fsp3) is 0.538. The quantitative estimate of drug-likeness (QED) is 0.842. The van der Waals surface area contributed by atoms with Crippen molar-refractivity contribution < 1.29 is 17.6 Å². The zero-order valence-electron chi connectivity index (χ0n) is 10.4. The van der Waals surface area contributed by atoms with E-state index >= 15 is 0 Å². The van der Waals surface area contributed by atoms with E-state index < -0.39 is 17.6 Å². The summed E-state index contributed by atoms with van der Waals surface area (Å²) in [4.78, 5) is 2.07. The minimum Gasteiger partial charge on any atom is -0.328 e. The van der Waals surface area contributed by atoms with Gasteiger partial charge in [0.1, 0.15) is 5.82 Å². The van der Waals surface area contributed by atoms with Crippen molar-refractivity contribution in [2.45, 2.75) is 31.6 Å². The van der Waals surface area contributed by atoms with Crippen LogP contribution in [0.15, 0.2) is 18.2 Å². The van der Waals surface area contributed by atoms with Gasteiger partial charge >= 0.3 is 6.18 Å². The SMILES string of the molecule is NC1CCN(Cc2ccc(C(F)(F)F)c(F)c2)CC1. The molecule has 1 fully saturated rings. The molecule has 0 aromatic heterocycles. The molecule has 2 nitrogen and oxygen atoms in total. The van der Waals surface area contributed by atoms with Gasteiger partial charge in [-0.2, -0.15) is 13.2 Å². The molecule has 0 amide bonds. The molecule has 1 aromatic rings. The molecule has 2 rings (SSSR count). The normalized spacial score (nSPS) is 18.8. The van der Waals surface area contributed by atoms with Crippen LogP contribution in [-0.4, -0.2) is 24.0 Å². The Hall–Kier alpha value is -1.14. The van der Waals surface area contributed by atoms with Crippen molar-refractivity contribution in [2.75, 3.05) is 13.1 Å². The number of hydrogen-bond acceptors (Lipinski definition) is 2. The second kappa shape index (κ2) is 5.46. The van der Waals surface area contributed by atoms with Gasteiger partial charge in [0, 0.05) is 12.6 Å². The van der Waals surface area contributed by atoms with E-state index in [1.807, 2.05) is 0 Å². The van der Waals surface area contributed by atoms with E-state index in [-0.39, 0.29) is 6.04 Å². The number of halogens is 4. The Bertz CT molecular complexity index is 437. The molecule has 2 N–H and O–H groups in total. The molecular weight excluding hydrogens is 260 g/mol. The lowest BCUT2D eigenvalue weighted by Gasteiger charge is -2.30. The second-order valence-electron chi connectivity index (χ2n) is 4.93. The van der Waals surface area contributed by atoms with Crippen LogP contribution in [0.1, 0.15) is 24.0 Å². The van der Waals surface area contributed by atoms with Crippen LogP contribution in [0.25, 0.3) is 0 Å². The fourth-order valence-electron chi connectivity index (χ4n) is 2.26. The number of benzene rings is 1. The first kappa shape index (κ1) is 14.3. The third-order valence-electron chi connectivity index (χ3n) is 3.38. The molecule has 1 heterocycles. The van der Waals surface area contributed by atoms with Gasteiger partial charge in [0.25, 0.3) is 0 Å². The number of nitrogens with zero attached hydrogens (tertiary/aromatic N) is 1. The molecule has 0 saturated carbocycles. The van der Waals surface area contributed by atoms with Crippen LogP contribution >= 0.6 is 0 Å². The molecule has 0 aliphatic carbocycles. The zero-order valence-corrected chi connectivity index (χ0v) is 10.4. The van der Waals surface area contributed by atoms with Crippen LogP contribution in [0.4, 0.5) is 17.6 Å². The van der Waals surface area contributed by atoms with Gasteiger partial charge < -0.3 is 5.73 Å². The summed E-state index contributed by atoms with van der Waals surface area (Å²) in [5.41, 5.74) is 5.12. The van der Waals surface area contributed by atoms with Gasteiger partial charge in [-0.05, 0) is 43.6 Å². The predicted octanol–water partition coefficient (Wildman–Crippen LogP) is 2.77. The maximum absolute atomic E-state index is 13.4. The molecule has 1 aromatic carbocycles. The number of alkyl halides is 3. The smallest absolute Gasteiger partial charge is 0.328 e. The van der Waals surface area contributed by atoms with Crippen molar-refractivity contribution in [1.82, 2.24) is 4.90 Å². The van der Waals surface area contributed by atoms with Gasteiger partial charge in [-0.15, -0.1) is 0 Å². The van der Waals surface area contributed by atoms with Gasteiger partial charge in [0.15, 0.2) is 0 Å². The zero-order chi connectivity index (χ0) is 14.0. The highest BCUT2D eigenvalue weighted by Gasteiger charge is 2.33. The molecular formula is C13H16F4N2. The highest BCUT2D eigenvalue weighted by atomic mass is 19.4. The standard InChI is InChI=1S/C13H16F4N2/c14-12-7-9(1-2-11(12)13(15,16)17)8-19-5-3-10(18)4-6-19/h1-2,7,10H,3-6,8,18H2. The Morgan fingerprint density at radius 3 is 2.37 bits per heavy atom. The average Bonchev–Trinajstić information content (AvgIpc) is 2.30. The molecule has 1 aliphatic rings. The lowest BCUT2D eigenvalue weighted by Crippen LogP contribution is -2.39. The van der Waals surface area contributed by atoms with E-state index in [1.165, 1.54) is 6.07 Å². The predicted molar refractivity (Wildman–Crippen MR) is 63.9 cm³/mol. The minimum atomic E-state index is -4.64. The fourth-order valence-corrected chi connectivity index (χ4v) is 2.26. The van der Waals surface area contributed by atoms with Gasteiger partial charge in [-0.1, -0.05) is 6.07 Å². The van der Waals surface area contributed by atoms with Crippen molar-refractivity contribution in [3.05, 3.63) is 35.1 Å². The third-order valence-corrected chi connectivity index (χ3v) is 3.38. The first-order valence-electron chi connectivity index (χ1n) is 6.20. The highest BCUT2D eigenvalue weighted by Crippen LogP contribution is 2.31. The third kappa shape index (κ3) is 3.67. The van der Waals surface area contributed by atoms with Crippen molar-refractivity contribution in [2.24, 2.45) is 5.73 Å². The van der Waals surface area contributed by atoms with E-state index in [4.69, 9.17) is 5.73 Å². The molecule has 106 valence electrons. The first-order chi connectivity index (χ1) is 8.86. The Labute approximate surface area is 109 Å². The largest absolute Gasteiger partial charge is 0.419 e. The van der Waals surface area contributed by atoms with Gasteiger partial charge in [0.05, 0.1) is 5.56 Å². The van der Waals surface area contributed by atoms with Crippen molar-refractivity contribution in [3.8, 4) is 0 Å². The Morgan fingerprint density at radius 1 is 1.21 bits per heavy atom. The summed E-state index contributed by atoms with van der Waals surface area (Å²) in [7, 11) is 0. The number of piperidine rings is 1. The monoisotopic (exact) mass is 276 g/mol. The van der Waals surface area contributed by atoms with E-state index in [1.54, 1.807) is 0 Å². The minimum absolute atomic E-state index is 0.195.